The minimum Gasteiger partial charge on any atom is -0.361 e. The van der Waals surface area contributed by atoms with Crippen LogP contribution in [0.25, 0.3) is 0 Å². The number of carbonyl (C=O) groups is 1. The van der Waals surface area contributed by atoms with Crippen LogP contribution in [-0.2, 0) is 14.8 Å². The number of benzene rings is 1. The molecule has 152 valence electrons. The van der Waals surface area contributed by atoms with Crippen LogP contribution in [0, 0.1) is 6.92 Å². The monoisotopic (exact) mass is 424 g/mol. The van der Waals surface area contributed by atoms with Crippen molar-refractivity contribution < 1.29 is 22.3 Å². The molecule has 2 aliphatic heterocycles. The van der Waals surface area contributed by atoms with Crippen LogP contribution in [0.4, 0.5) is 5.69 Å². The lowest BCUT2D eigenvalue weighted by molar-refractivity contribution is -0.116. The van der Waals surface area contributed by atoms with E-state index in [9.17, 15) is 22.3 Å². The summed E-state index contributed by atoms with van der Waals surface area (Å²) in [6.07, 6.45) is 3.56. The Labute approximate surface area is 166 Å². The van der Waals surface area contributed by atoms with Crippen LogP contribution < -0.4 is 10.0 Å². The fourth-order valence-corrected chi connectivity index (χ4v) is 6.76. The fraction of sp³-hybridized carbons (Fsp3) is 0.421. The number of Topliss-reactive ketones (excluding diaryl/α,β-unsaturated/α-hetero) is 1. The minimum atomic E-state index is -3.47. The Kier molecular flexibility index (Phi) is 4.61. The summed E-state index contributed by atoms with van der Waals surface area (Å²) in [5.74, 6) is -0.311. The zero-order chi connectivity index (χ0) is 20.3. The molecule has 28 heavy (non-hydrogen) atoms. The van der Waals surface area contributed by atoms with Gasteiger partial charge < -0.3 is 5.32 Å². The van der Waals surface area contributed by atoms with E-state index in [0.29, 0.717) is 34.6 Å². The lowest BCUT2D eigenvalue weighted by atomic mass is 9.79. The Morgan fingerprint density at radius 2 is 1.93 bits per heavy atom. The van der Waals surface area contributed by atoms with Crippen molar-refractivity contribution in [2.75, 3.05) is 16.7 Å². The average Bonchev–Trinajstić information content (AvgIpc) is 2.89. The van der Waals surface area contributed by atoms with Gasteiger partial charge >= 0.3 is 0 Å². The first-order chi connectivity index (χ1) is 13.1. The highest BCUT2D eigenvalue weighted by Gasteiger charge is 2.44. The van der Waals surface area contributed by atoms with Gasteiger partial charge in [-0.05, 0) is 37.0 Å². The molecule has 7 nitrogen and oxygen atoms in total. The number of allylic oxidation sites excluding steroid dienone is 4. The van der Waals surface area contributed by atoms with Gasteiger partial charge in [0.1, 0.15) is 0 Å². The van der Waals surface area contributed by atoms with Crippen LogP contribution in [0.15, 0.2) is 40.1 Å². The molecule has 1 aliphatic carbocycles. The number of ketones is 1. The van der Waals surface area contributed by atoms with Gasteiger partial charge in [0.15, 0.2) is 5.78 Å². The van der Waals surface area contributed by atoms with E-state index in [1.165, 1.54) is 0 Å². The molecule has 1 aromatic carbocycles. The molecule has 4 rings (SSSR count). The summed E-state index contributed by atoms with van der Waals surface area (Å²) < 4.78 is 47.4. The zero-order valence-corrected chi connectivity index (χ0v) is 17.4. The highest BCUT2D eigenvalue weighted by atomic mass is 32.3. The summed E-state index contributed by atoms with van der Waals surface area (Å²) >= 11 is 0. The molecule has 4 N–H and O–H groups in total. The second-order valence-corrected chi connectivity index (χ2v) is 11.6. The Balaban J connectivity index is 1.89. The Morgan fingerprint density at radius 3 is 2.64 bits per heavy atom. The average molecular weight is 425 g/mol. The lowest BCUT2D eigenvalue weighted by Crippen LogP contribution is -2.31. The number of hydrogen-bond acceptors (Lipinski definition) is 6. The number of carbonyl (C=O) groups excluding carboxylic acids is 1. The summed E-state index contributed by atoms with van der Waals surface area (Å²) in [5, 5.41) is 3.30. The standard InChI is InChI=1S/C19H24N2O5S2/c1-11-6-7-12(10-15(11)21-27(2,23)24)17-18-13(4-3-5-16(18)22)20-14-8-9-28(25,26)19(14)17/h6-7,10,17,20-21,25-26H,3-5,8-9H2,1-2H3. The van der Waals surface area contributed by atoms with Crippen LogP contribution in [0.1, 0.15) is 42.7 Å². The van der Waals surface area contributed by atoms with Crippen molar-refractivity contribution in [3.05, 3.63) is 51.2 Å². The van der Waals surface area contributed by atoms with Gasteiger partial charge in [0.05, 0.1) is 22.8 Å². The third-order valence-electron chi connectivity index (χ3n) is 5.49. The van der Waals surface area contributed by atoms with Crippen molar-refractivity contribution in [2.45, 2.75) is 38.5 Å². The molecule has 1 aromatic rings. The molecule has 0 saturated heterocycles. The number of nitrogens with one attached hydrogen (secondary N) is 2. The van der Waals surface area contributed by atoms with E-state index in [1.54, 1.807) is 19.1 Å². The predicted octanol–water partition coefficient (Wildman–Crippen LogP) is 3.43. The fourth-order valence-electron chi connectivity index (χ4n) is 4.25. The minimum absolute atomic E-state index is 0.00518. The van der Waals surface area contributed by atoms with Crippen LogP contribution in [-0.4, -0.2) is 35.3 Å². The summed E-state index contributed by atoms with van der Waals surface area (Å²) in [6, 6.07) is 5.33. The number of sulfonamides is 1. The molecule has 1 unspecified atom stereocenters. The quantitative estimate of drug-likeness (QED) is 0.591. The van der Waals surface area contributed by atoms with Crippen molar-refractivity contribution in [3.8, 4) is 0 Å². The van der Waals surface area contributed by atoms with Gasteiger partial charge in [-0.25, -0.2) is 8.42 Å². The molecule has 0 aromatic heterocycles. The van der Waals surface area contributed by atoms with Gasteiger partial charge in [-0.15, -0.1) is 0 Å². The first kappa shape index (κ1) is 19.5. The van der Waals surface area contributed by atoms with E-state index in [1.807, 2.05) is 6.07 Å². The maximum Gasteiger partial charge on any atom is 0.229 e. The van der Waals surface area contributed by atoms with E-state index in [0.717, 1.165) is 36.1 Å². The summed E-state index contributed by atoms with van der Waals surface area (Å²) in [5.41, 5.74) is 4.10. The molecule has 0 bridgehead atoms. The lowest BCUT2D eigenvalue weighted by Gasteiger charge is -2.40. The molecule has 0 saturated carbocycles. The summed E-state index contributed by atoms with van der Waals surface area (Å²) in [7, 11) is -6.45. The highest BCUT2D eigenvalue weighted by molar-refractivity contribution is 8.27. The van der Waals surface area contributed by atoms with Crippen LogP contribution >= 0.6 is 10.6 Å². The number of anilines is 1. The molecular weight excluding hydrogens is 400 g/mol. The van der Waals surface area contributed by atoms with Gasteiger partial charge in [-0.3, -0.25) is 18.6 Å². The zero-order valence-electron chi connectivity index (χ0n) is 15.8. The van der Waals surface area contributed by atoms with E-state index < -0.39 is 26.5 Å². The number of aryl methyl sites for hydroxylation is 1. The molecule has 2 heterocycles. The van der Waals surface area contributed by atoms with Gasteiger partial charge in [0.25, 0.3) is 0 Å². The molecule has 0 amide bonds. The highest BCUT2D eigenvalue weighted by Crippen LogP contribution is 2.63. The summed E-state index contributed by atoms with van der Waals surface area (Å²) in [6.45, 7) is 1.80. The maximum atomic E-state index is 12.8. The smallest absolute Gasteiger partial charge is 0.229 e. The van der Waals surface area contributed by atoms with Crippen LogP contribution in [0.5, 0.6) is 0 Å². The van der Waals surface area contributed by atoms with Crippen molar-refractivity contribution in [2.24, 2.45) is 0 Å². The van der Waals surface area contributed by atoms with Gasteiger partial charge in [-0.2, -0.15) is 10.6 Å². The molecule has 0 radical (unpaired) electrons. The SMILES string of the molecule is Cc1ccc(C2C3=C(CCCC3=O)NC3=C2S(O)(O)CC3)cc1NS(C)(=O)=O. The van der Waals surface area contributed by atoms with Crippen molar-refractivity contribution in [3.63, 3.8) is 0 Å². The third-order valence-corrected chi connectivity index (χ3v) is 8.04. The topological polar surface area (TPSA) is 116 Å². The molecule has 0 spiro atoms. The largest absolute Gasteiger partial charge is 0.361 e. The number of rotatable bonds is 3. The molecule has 0 fully saturated rings. The second kappa shape index (κ2) is 6.62. The predicted molar refractivity (Wildman–Crippen MR) is 111 cm³/mol. The van der Waals surface area contributed by atoms with Crippen LogP contribution in [0.2, 0.25) is 0 Å². The van der Waals surface area contributed by atoms with Gasteiger partial charge in [-0.1, -0.05) is 12.1 Å². The third kappa shape index (κ3) is 3.36. The Morgan fingerprint density at radius 1 is 1.18 bits per heavy atom. The first-order valence-corrected chi connectivity index (χ1v) is 12.8. The van der Waals surface area contributed by atoms with Crippen molar-refractivity contribution in [1.82, 2.24) is 5.32 Å². The van der Waals surface area contributed by atoms with Crippen molar-refractivity contribution >= 4 is 32.1 Å². The van der Waals surface area contributed by atoms with E-state index >= 15 is 0 Å². The van der Waals surface area contributed by atoms with Crippen molar-refractivity contribution in [1.29, 1.82) is 0 Å². The Hall–Kier alpha value is -1.81. The normalized spacial score (nSPS) is 25.1. The molecule has 9 heteroatoms. The van der Waals surface area contributed by atoms with Gasteiger partial charge in [0, 0.05) is 35.6 Å². The van der Waals surface area contributed by atoms with E-state index in [-0.39, 0.29) is 11.5 Å². The van der Waals surface area contributed by atoms with Gasteiger partial charge in [0.2, 0.25) is 10.0 Å². The maximum absolute atomic E-state index is 12.8. The van der Waals surface area contributed by atoms with E-state index in [2.05, 4.69) is 10.0 Å². The van der Waals surface area contributed by atoms with E-state index in [4.69, 9.17) is 0 Å². The number of dihydropyridines is 1. The summed E-state index contributed by atoms with van der Waals surface area (Å²) in [4.78, 5) is 13.3. The molecular formula is C19H24N2O5S2. The Bertz CT molecular complexity index is 1040. The second-order valence-electron chi connectivity index (χ2n) is 7.64. The molecule has 1 atom stereocenters. The first-order valence-electron chi connectivity index (χ1n) is 9.17. The number of hydrogen-bond donors (Lipinski definition) is 4. The molecule has 3 aliphatic rings. The van der Waals surface area contributed by atoms with Crippen LogP contribution in [0.3, 0.4) is 0 Å².